The number of ether oxygens (including phenoxy) is 2. The van der Waals surface area contributed by atoms with Gasteiger partial charge in [0, 0.05) is 12.1 Å². The van der Waals surface area contributed by atoms with Gasteiger partial charge >= 0.3 is 0 Å². The number of rotatable bonds is 9. The Morgan fingerprint density at radius 1 is 0.897 bits per heavy atom. The van der Waals surface area contributed by atoms with Crippen LogP contribution < -0.4 is 14.8 Å². The molecule has 146 valence electrons. The fraction of sp³-hybridized carbons (Fsp3) is 0.167. The lowest BCUT2D eigenvalue weighted by Gasteiger charge is -2.13. The van der Waals surface area contributed by atoms with E-state index in [2.05, 4.69) is 17.4 Å². The summed E-state index contributed by atoms with van der Waals surface area (Å²) < 4.78 is 11.7. The molecule has 0 atom stereocenters. The van der Waals surface area contributed by atoms with Gasteiger partial charge in [0.15, 0.2) is 0 Å². The van der Waals surface area contributed by atoms with Crippen LogP contribution in [0.25, 0.3) is 11.1 Å². The highest BCUT2D eigenvalue weighted by atomic mass is 16.5. The molecule has 0 radical (unpaired) electrons. The Bertz CT molecular complexity index is 981. The number of hydrogen-bond donors (Lipinski definition) is 1. The third kappa shape index (κ3) is 6.12. The van der Waals surface area contributed by atoms with E-state index >= 15 is 0 Å². The summed E-state index contributed by atoms with van der Waals surface area (Å²) >= 11 is 0. The van der Waals surface area contributed by atoms with Crippen LogP contribution in [-0.2, 0) is 11.3 Å². The number of nitrogens with zero attached hydrogens (tertiary/aromatic N) is 1. The summed E-state index contributed by atoms with van der Waals surface area (Å²) in [6, 6.07) is 27.4. The van der Waals surface area contributed by atoms with E-state index < -0.39 is 0 Å². The molecule has 0 spiro atoms. The number of benzene rings is 3. The first-order chi connectivity index (χ1) is 14.3. The zero-order chi connectivity index (χ0) is 20.3. The van der Waals surface area contributed by atoms with Crippen molar-refractivity contribution in [3.63, 3.8) is 0 Å². The van der Waals surface area contributed by atoms with Gasteiger partial charge in [-0.15, -0.1) is 0 Å². The van der Waals surface area contributed by atoms with Crippen LogP contribution in [0.4, 0.5) is 0 Å². The maximum atomic E-state index is 11.4. The molecule has 0 unspecified atom stereocenters. The van der Waals surface area contributed by atoms with Crippen LogP contribution in [0, 0.1) is 11.3 Å². The molecule has 3 rings (SSSR count). The van der Waals surface area contributed by atoms with Crippen molar-refractivity contribution >= 4 is 5.91 Å². The lowest BCUT2D eigenvalue weighted by atomic mass is 10.1. The number of amides is 1. The molecule has 3 aromatic carbocycles. The lowest BCUT2D eigenvalue weighted by molar-refractivity contribution is -0.120. The summed E-state index contributed by atoms with van der Waals surface area (Å²) in [5.74, 6) is 1.23. The summed E-state index contributed by atoms with van der Waals surface area (Å²) in [6.45, 7) is 1.17. The Morgan fingerprint density at radius 2 is 1.66 bits per heavy atom. The minimum atomic E-state index is -0.288. The molecule has 0 aliphatic heterocycles. The second-order valence-corrected chi connectivity index (χ2v) is 6.32. The van der Waals surface area contributed by atoms with Crippen LogP contribution in [0.5, 0.6) is 11.5 Å². The highest BCUT2D eigenvalue weighted by Crippen LogP contribution is 2.29. The average Bonchev–Trinajstić information content (AvgIpc) is 2.77. The quantitative estimate of drug-likeness (QED) is 0.555. The summed E-state index contributed by atoms with van der Waals surface area (Å²) in [5.41, 5.74) is 3.06. The van der Waals surface area contributed by atoms with E-state index in [1.165, 1.54) is 0 Å². The molecule has 0 heterocycles. The Kier molecular flexibility index (Phi) is 7.25. The maximum absolute atomic E-state index is 11.4. The van der Waals surface area contributed by atoms with Crippen LogP contribution in [-0.4, -0.2) is 19.1 Å². The first-order valence-corrected chi connectivity index (χ1v) is 9.39. The Balaban J connectivity index is 1.51. The monoisotopic (exact) mass is 386 g/mol. The van der Waals surface area contributed by atoms with E-state index in [0.29, 0.717) is 25.5 Å². The molecule has 29 heavy (non-hydrogen) atoms. The largest absolute Gasteiger partial charge is 0.490 e. The third-order valence-corrected chi connectivity index (χ3v) is 4.21. The normalized spacial score (nSPS) is 10.0. The first kappa shape index (κ1) is 20.0. The fourth-order valence-corrected chi connectivity index (χ4v) is 2.84. The number of carbonyl (C=O) groups is 1. The first-order valence-electron chi connectivity index (χ1n) is 9.39. The second-order valence-electron chi connectivity index (χ2n) is 6.32. The molecule has 0 aliphatic carbocycles. The van der Waals surface area contributed by atoms with Crippen LogP contribution in [0.2, 0.25) is 0 Å². The predicted molar refractivity (Wildman–Crippen MR) is 111 cm³/mol. The van der Waals surface area contributed by atoms with Gasteiger partial charge in [-0.1, -0.05) is 60.7 Å². The van der Waals surface area contributed by atoms with Gasteiger partial charge in [0.05, 0.1) is 6.07 Å². The zero-order valence-corrected chi connectivity index (χ0v) is 16.0. The van der Waals surface area contributed by atoms with Gasteiger partial charge in [-0.25, -0.2) is 0 Å². The molecule has 0 aliphatic rings. The number of nitriles is 1. The number of para-hydroxylation sites is 1. The van der Waals surface area contributed by atoms with Crippen molar-refractivity contribution in [2.24, 2.45) is 0 Å². The minimum absolute atomic E-state index is 0.141. The lowest BCUT2D eigenvalue weighted by Crippen LogP contribution is -2.21. The van der Waals surface area contributed by atoms with Gasteiger partial charge in [0.1, 0.15) is 31.1 Å². The predicted octanol–water partition coefficient (Wildman–Crippen LogP) is 4.34. The molecule has 5 heteroatoms. The Labute approximate surface area is 170 Å². The topological polar surface area (TPSA) is 71.4 Å². The van der Waals surface area contributed by atoms with Gasteiger partial charge in [-0.05, 0) is 29.3 Å². The van der Waals surface area contributed by atoms with Crippen molar-refractivity contribution in [2.45, 2.75) is 13.0 Å². The molecule has 3 aromatic rings. The van der Waals surface area contributed by atoms with Crippen LogP contribution in [0.15, 0.2) is 78.9 Å². The van der Waals surface area contributed by atoms with E-state index in [9.17, 15) is 4.79 Å². The van der Waals surface area contributed by atoms with Crippen molar-refractivity contribution in [2.75, 3.05) is 13.2 Å². The van der Waals surface area contributed by atoms with Gasteiger partial charge in [-0.2, -0.15) is 5.26 Å². The number of nitrogens with one attached hydrogen (secondary N) is 1. The standard InChI is InChI=1S/C24H22N2O3/c25-14-13-24(27)26-18-19-7-6-10-21(17-19)28-15-16-29-23-12-5-4-11-22(23)20-8-2-1-3-9-20/h1-12,17H,13,15-16,18H2,(H,26,27). The number of carbonyl (C=O) groups excluding carboxylic acids is 1. The molecule has 0 bridgehead atoms. The molecule has 1 N–H and O–H groups in total. The van der Waals surface area contributed by atoms with Crippen LogP contribution in [0.1, 0.15) is 12.0 Å². The minimum Gasteiger partial charge on any atom is -0.490 e. The smallest absolute Gasteiger partial charge is 0.234 e. The van der Waals surface area contributed by atoms with Crippen LogP contribution >= 0.6 is 0 Å². The molecule has 0 saturated heterocycles. The van der Waals surface area contributed by atoms with Crippen LogP contribution in [0.3, 0.4) is 0 Å². The summed E-state index contributed by atoms with van der Waals surface area (Å²) in [7, 11) is 0. The SMILES string of the molecule is N#CCC(=O)NCc1cccc(OCCOc2ccccc2-c2ccccc2)c1. The van der Waals surface area contributed by atoms with E-state index in [0.717, 1.165) is 22.4 Å². The van der Waals surface area contributed by atoms with Gasteiger partial charge < -0.3 is 14.8 Å². The molecular formula is C24H22N2O3. The Morgan fingerprint density at radius 3 is 2.48 bits per heavy atom. The van der Waals surface area contributed by atoms with E-state index in [4.69, 9.17) is 14.7 Å². The van der Waals surface area contributed by atoms with E-state index in [1.807, 2.05) is 72.8 Å². The third-order valence-electron chi connectivity index (χ3n) is 4.21. The summed E-state index contributed by atoms with van der Waals surface area (Å²) in [4.78, 5) is 11.4. The zero-order valence-electron chi connectivity index (χ0n) is 16.0. The second kappa shape index (κ2) is 10.5. The number of hydrogen-bond acceptors (Lipinski definition) is 4. The molecule has 0 fully saturated rings. The summed E-state index contributed by atoms with van der Waals surface area (Å²) in [6.07, 6.45) is -0.141. The highest BCUT2D eigenvalue weighted by molar-refractivity contribution is 5.77. The van der Waals surface area contributed by atoms with Crippen molar-refractivity contribution in [3.05, 3.63) is 84.4 Å². The Hall–Kier alpha value is -3.78. The molecule has 0 saturated carbocycles. The molecule has 0 aromatic heterocycles. The van der Waals surface area contributed by atoms with Gasteiger partial charge in [-0.3, -0.25) is 4.79 Å². The summed E-state index contributed by atoms with van der Waals surface area (Å²) in [5, 5.41) is 11.2. The van der Waals surface area contributed by atoms with Gasteiger partial charge in [0.2, 0.25) is 5.91 Å². The fourth-order valence-electron chi connectivity index (χ4n) is 2.84. The molecule has 1 amide bonds. The highest BCUT2D eigenvalue weighted by Gasteiger charge is 2.06. The van der Waals surface area contributed by atoms with Gasteiger partial charge in [0.25, 0.3) is 0 Å². The van der Waals surface area contributed by atoms with Crippen molar-refractivity contribution < 1.29 is 14.3 Å². The van der Waals surface area contributed by atoms with E-state index in [1.54, 1.807) is 0 Å². The average molecular weight is 386 g/mol. The maximum Gasteiger partial charge on any atom is 0.234 e. The van der Waals surface area contributed by atoms with E-state index in [-0.39, 0.29) is 12.3 Å². The van der Waals surface area contributed by atoms with Crippen molar-refractivity contribution in [1.29, 1.82) is 5.26 Å². The van der Waals surface area contributed by atoms with Crippen molar-refractivity contribution in [1.82, 2.24) is 5.32 Å². The molecule has 5 nitrogen and oxygen atoms in total. The van der Waals surface area contributed by atoms with Crippen molar-refractivity contribution in [3.8, 4) is 28.7 Å². The molecular weight excluding hydrogens is 364 g/mol.